The van der Waals surface area contributed by atoms with Gasteiger partial charge in [-0.2, -0.15) is 0 Å². The normalized spacial score (nSPS) is 12.2. The average Bonchev–Trinajstić information content (AvgIpc) is 2.59. The number of carbonyl (C=O) groups excluding carboxylic acids is 1. The van der Waals surface area contributed by atoms with Crippen molar-refractivity contribution in [2.75, 3.05) is 6.61 Å². The van der Waals surface area contributed by atoms with E-state index in [1.165, 1.54) is 12.1 Å². The molecule has 0 fully saturated rings. The maximum Gasteiger partial charge on any atom is 0.421 e. The lowest BCUT2D eigenvalue weighted by molar-refractivity contribution is 0.145. The van der Waals surface area contributed by atoms with E-state index >= 15 is 0 Å². The lowest BCUT2D eigenvalue weighted by Gasteiger charge is -2.16. The third-order valence-electron chi connectivity index (χ3n) is 3.69. The van der Waals surface area contributed by atoms with E-state index in [2.05, 4.69) is 6.58 Å². The van der Waals surface area contributed by atoms with Crippen LogP contribution < -0.4 is 4.72 Å². The van der Waals surface area contributed by atoms with E-state index in [-0.39, 0.29) is 17.4 Å². The molecule has 1 unspecified atom stereocenters. The summed E-state index contributed by atoms with van der Waals surface area (Å²) in [5, 5.41) is 0. The van der Waals surface area contributed by atoms with Crippen LogP contribution in [0.5, 0.6) is 0 Å². The molecule has 2 aromatic carbocycles. The highest BCUT2D eigenvalue weighted by Crippen LogP contribution is 2.20. The molecule has 2 rings (SSSR count). The summed E-state index contributed by atoms with van der Waals surface area (Å²) in [5.74, 6) is -0.0773. The first-order valence-electron chi connectivity index (χ1n) is 7.84. The average molecular weight is 359 g/mol. The number of hydrogen-bond acceptors (Lipinski definition) is 4. The number of rotatable bonds is 7. The highest BCUT2D eigenvalue weighted by atomic mass is 32.2. The van der Waals surface area contributed by atoms with Crippen LogP contribution >= 0.6 is 0 Å². The van der Waals surface area contributed by atoms with Crippen molar-refractivity contribution in [3.63, 3.8) is 0 Å². The minimum absolute atomic E-state index is 0.0146. The van der Waals surface area contributed by atoms with Gasteiger partial charge in [0.15, 0.2) is 0 Å². The summed E-state index contributed by atoms with van der Waals surface area (Å²) >= 11 is 0. The summed E-state index contributed by atoms with van der Waals surface area (Å²) < 4.78 is 31.4. The fourth-order valence-corrected chi connectivity index (χ4v) is 3.21. The molecule has 5 nitrogen and oxygen atoms in total. The van der Waals surface area contributed by atoms with Crippen molar-refractivity contribution in [1.29, 1.82) is 0 Å². The molecule has 0 aliphatic carbocycles. The molecule has 0 saturated heterocycles. The van der Waals surface area contributed by atoms with Gasteiger partial charge >= 0.3 is 6.09 Å². The molecule has 0 saturated carbocycles. The van der Waals surface area contributed by atoms with Gasteiger partial charge in [0.25, 0.3) is 10.0 Å². The number of allylic oxidation sites excluding steroid dienone is 1. The summed E-state index contributed by atoms with van der Waals surface area (Å²) in [6, 6.07) is 15.8. The van der Waals surface area contributed by atoms with Crippen LogP contribution in [0.25, 0.3) is 0 Å². The van der Waals surface area contributed by atoms with Crippen molar-refractivity contribution in [2.24, 2.45) is 0 Å². The third kappa shape index (κ3) is 5.46. The molecule has 2 aromatic rings. The first-order valence-corrected chi connectivity index (χ1v) is 9.33. The highest BCUT2D eigenvalue weighted by molar-refractivity contribution is 7.90. The maximum absolute atomic E-state index is 12.2. The van der Waals surface area contributed by atoms with Gasteiger partial charge in [0, 0.05) is 5.92 Å². The number of carbonyl (C=O) groups is 1. The molecule has 1 amide bonds. The highest BCUT2D eigenvalue weighted by Gasteiger charge is 2.20. The molecular formula is C19H21NO4S. The van der Waals surface area contributed by atoms with Crippen LogP contribution in [0.3, 0.4) is 0 Å². The second kappa shape index (κ2) is 8.48. The molecule has 132 valence electrons. The van der Waals surface area contributed by atoms with Gasteiger partial charge < -0.3 is 4.74 Å². The lowest BCUT2D eigenvalue weighted by atomic mass is 9.97. The number of aryl methyl sites for hydroxylation is 1. The van der Waals surface area contributed by atoms with E-state index in [1.807, 2.05) is 42.0 Å². The summed E-state index contributed by atoms with van der Waals surface area (Å²) in [7, 11) is -3.95. The topological polar surface area (TPSA) is 72.5 Å². The quantitative estimate of drug-likeness (QED) is 0.764. The fourth-order valence-electron chi connectivity index (χ4n) is 2.32. The van der Waals surface area contributed by atoms with Crippen LogP contribution in [0.15, 0.2) is 72.1 Å². The smallest absolute Gasteiger partial charge is 0.421 e. The molecule has 1 atom stereocenters. The molecule has 0 aliphatic rings. The number of sulfonamides is 1. The van der Waals surface area contributed by atoms with Gasteiger partial charge in [-0.3, -0.25) is 0 Å². The van der Waals surface area contributed by atoms with Crippen LogP contribution in [0.2, 0.25) is 0 Å². The van der Waals surface area contributed by atoms with E-state index in [0.29, 0.717) is 6.42 Å². The SMILES string of the molecule is C=CCC(COC(=O)NS(=O)(=O)c1ccc(C)cc1)c1ccccc1. The number of ether oxygens (including phenoxy) is 1. The zero-order valence-corrected chi connectivity index (χ0v) is 14.8. The summed E-state index contributed by atoms with van der Waals surface area (Å²) in [4.78, 5) is 11.9. The Hall–Kier alpha value is -2.60. The van der Waals surface area contributed by atoms with Crippen LogP contribution in [-0.4, -0.2) is 21.1 Å². The molecular weight excluding hydrogens is 338 g/mol. The Morgan fingerprint density at radius 3 is 2.40 bits per heavy atom. The van der Waals surface area contributed by atoms with E-state index in [1.54, 1.807) is 18.2 Å². The summed E-state index contributed by atoms with van der Waals surface area (Å²) in [6.45, 7) is 5.62. The van der Waals surface area contributed by atoms with Gasteiger partial charge in [0.1, 0.15) is 6.61 Å². The Balaban J connectivity index is 1.99. The van der Waals surface area contributed by atoms with Crippen LogP contribution in [-0.2, 0) is 14.8 Å². The predicted octanol–water partition coefficient (Wildman–Crippen LogP) is 3.77. The van der Waals surface area contributed by atoms with Crippen LogP contribution in [0.4, 0.5) is 4.79 Å². The van der Waals surface area contributed by atoms with Crippen molar-refractivity contribution in [3.05, 3.63) is 78.4 Å². The molecule has 0 radical (unpaired) electrons. The third-order valence-corrected chi connectivity index (χ3v) is 5.01. The van der Waals surface area contributed by atoms with Gasteiger partial charge in [-0.1, -0.05) is 54.1 Å². The molecule has 0 bridgehead atoms. The zero-order valence-electron chi connectivity index (χ0n) is 14.0. The van der Waals surface area contributed by atoms with Crippen molar-refractivity contribution >= 4 is 16.1 Å². The predicted molar refractivity (Wildman–Crippen MR) is 96.8 cm³/mol. The van der Waals surface area contributed by atoms with Crippen molar-refractivity contribution in [3.8, 4) is 0 Å². The standard InChI is InChI=1S/C19H21NO4S/c1-3-7-17(16-8-5-4-6-9-16)14-24-19(21)20-25(22,23)18-12-10-15(2)11-13-18/h3-6,8-13,17H,1,7,14H2,2H3,(H,20,21). The summed E-state index contributed by atoms with van der Waals surface area (Å²) in [5.41, 5.74) is 1.92. The second-order valence-corrected chi connectivity index (χ2v) is 7.33. The largest absolute Gasteiger partial charge is 0.448 e. The lowest BCUT2D eigenvalue weighted by Crippen LogP contribution is -2.32. The fraction of sp³-hybridized carbons (Fsp3) is 0.211. The monoisotopic (exact) mass is 359 g/mol. The Morgan fingerprint density at radius 1 is 1.16 bits per heavy atom. The summed E-state index contributed by atoms with van der Waals surface area (Å²) in [6.07, 6.45) is 1.36. The van der Waals surface area contributed by atoms with E-state index < -0.39 is 16.1 Å². The zero-order chi connectivity index (χ0) is 18.3. The van der Waals surface area contributed by atoms with E-state index in [9.17, 15) is 13.2 Å². The maximum atomic E-state index is 12.2. The molecule has 6 heteroatoms. The van der Waals surface area contributed by atoms with Gasteiger partial charge in [0.2, 0.25) is 0 Å². The van der Waals surface area contributed by atoms with Crippen LogP contribution in [0, 0.1) is 6.92 Å². The van der Waals surface area contributed by atoms with Crippen LogP contribution in [0.1, 0.15) is 23.5 Å². The minimum atomic E-state index is -3.95. The minimum Gasteiger partial charge on any atom is -0.448 e. The number of benzene rings is 2. The van der Waals surface area contributed by atoms with Crippen molar-refractivity contribution in [2.45, 2.75) is 24.2 Å². The first kappa shape index (κ1) is 18.7. The molecule has 0 aliphatic heterocycles. The second-order valence-electron chi connectivity index (χ2n) is 5.65. The first-order chi connectivity index (χ1) is 11.9. The molecule has 0 heterocycles. The van der Waals surface area contributed by atoms with Gasteiger partial charge in [0.05, 0.1) is 4.90 Å². The molecule has 0 aromatic heterocycles. The van der Waals surface area contributed by atoms with Gasteiger partial charge in [-0.05, 0) is 31.0 Å². The number of hydrogen-bond donors (Lipinski definition) is 1. The molecule has 1 N–H and O–H groups in total. The Labute approximate surface area is 148 Å². The van der Waals surface area contributed by atoms with Gasteiger partial charge in [-0.25, -0.2) is 17.9 Å². The Kier molecular flexibility index (Phi) is 6.36. The Morgan fingerprint density at radius 2 is 1.80 bits per heavy atom. The Bertz CT molecular complexity index is 814. The van der Waals surface area contributed by atoms with E-state index in [0.717, 1.165) is 11.1 Å². The van der Waals surface area contributed by atoms with Crippen molar-refractivity contribution < 1.29 is 17.9 Å². The van der Waals surface area contributed by atoms with E-state index in [4.69, 9.17) is 4.74 Å². The number of amides is 1. The van der Waals surface area contributed by atoms with Gasteiger partial charge in [-0.15, -0.1) is 6.58 Å². The molecule has 25 heavy (non-hydrogen) atoms. The molecule has 0 spiro atoms. The van der Waals surface area contributed by atoms with Crippen molar-refractivity contribution in [1.82, 2.24) is 4.72 Å². The number of nitrogens with one attached hydrogen (secondary N) is 1.